The van der Waals surface area contributed by atoms with E-state index in [0.717, 1.165) is 32.6 Å². The third-order valence-corrected chi connectivity index (χ3v) is 4.01. The van der Waals surface area contributed by atoms with Gasteiger partial charge in [0.25, 0.3) is 0 Å². The zero-order valence-electron chi connectivity index (χ0n) is 11.9. The zero-order chi connectivity index (χ0) is 13.8. The highest BCUT2D eigenvalue weighted by Gasteiger charge is 2.36. The monoisotopic (exact) mass is 271 g/mol. The van der Waals surface area contributed by atoms with Gasteiger partial charge >= 0.3 is 0 Å². The van der Waals surface area contributed by atoms with Gasteiger partial charge < -0.3 is 10.2 Å². The minimum absolute atomic E-state index is 0.197. The van der Waals surface area contributed by atoms with Crippen LogP contribution in [-0.4, -0.2) is 58.7 Å². The van der Waals surface area contributed by atoms with Gasteiger partial charge in [-0.3, -0.25) is 4.90 Å². The molecule has 2 aliphatic rings. The number of aromatic nitrogens is 2. The minimum atomic E-state index is -0.197. The van der Waals surface area contributed by atoms with Crippen LogP contribution in [0.4, 0.5) is 5.95 Å². The molecule has 1 saturated heterocycles. The fraction of sp³-hybridized carbons (Fsp3) is 0.467. The summed E-state index contributed by atoms with van der Waals surface area (Å²) in [4.78, 5) is 13.5. The molecule has 0 spiro atoms. The van der Waals surface area contributed by atoms with Crippen molar-refractivity contribution in [3.05, 3.63) is 42.8 Å². The van der Waals surface area contributed by atoms with Gasteiger partial charge in [-0.05, 0) is 19.2 Å². The average Bonchev–Trinajstić information content (AvgIpc) is 2.50. The molecule has 5 heteroatoms. The maximum Gasteiger partial charge on any atom is 0.224 e. The summed E-state index contributed by atoms with van der Waals surface area (Å²) in [6.07, 6.45) is 13.1. The fourth-order valence-corrected chi connectivity index (χ4v) is 2.78. The Balaban J connectivity index is 1.82. The molecule has 1 aromatic rings. The lowest BCUT2D eigenvalue weighted by Gasteiger charge is -2.46. The maximum absolute atomic E-state index is 4.31. The molecule has 1 aromatic heterocycles. The van der Waals surface area contributed by atoms with Crippen LogP contribution >= 0.6 is 0 Å². The second kappa shape index (κ2) is 5.73. The van der Waals surface area contributed by atoms with E-state index in [4.69, 9.17) is 0 Å². The van der Waals surface area contributed by atoms with E-state index >= 15 is 0 Å². The molecule has 2 heterocycles. The van der Waals surface area contributed by atoms with Crippen LogP contribution in [0.5, 0.6) is 0 Å². The number of hydrogen-bond acceptors (Lipinski definition) is 5. The molecule has 1 atom stereocenters. The minimum Gasteiger partial charge on any atom is -0.332 e. The summed E-state index contributed by atoms with van der Waals surface area (Å²) in [5, 5.41) is 3.53. The van der Waals surface area contributed by atoms with Crippen LogP contribution in [-0.2, 0) is 0 Å². The SMILES string of the molecule is CN1CCN(C2(Nc3ncccn3)C=CC=CC2)CC1. The molecule has 0 radical (unpaired) electrons. The molecule has 1 fully saturated rings. The van der Waals surface area contributed by atoms with Crippen molar-refractivity contribution < 1.29 is 0 Å². The van der Waals surface area contributed by atoms with Gasteiger partial charge in [-0.15, -0.1) is 0 Å². The van der Waals surface area contributed by atoms with E-state index in [2.05, 4.69) is 56.4 Å². The predicted molar refractivity (Wildman–Crippen MR) is 80.4 cm³/mol. The first-order valence-electron chi connectivity index (χ1n) is 7.12. The smallest absolute Gasteiger partial charge is 0.224 e. The van der Waals surface area contributed by atoms with E-state index in [1.54, 1.807) is 12.4 Å². The summed E-state index contributed by atoms with van der Waals surface area (Å²) in [7, 11) is 2.17. The van der Waals surface area contributed by atoms with Crippen molar-refractivity contribution in [2.75, 3.05) is 38.5 Å². The van der Waals surface area contributed by atoms with Crippen LogP contribution in [0.1, 0.15) is 6.42 Å². The highest BCUT2D eigenvalue weighted by atomic mass is 15.4. The van der Waals surface area contributed by atoms with Crippen LogP contribution in [0.25, 0.3) is 0 Å². The van der Waals surface area contributed by atoms with Gasteiger partial charge in [-0.2, -0.15) is 0 Å². The van der Waals surface area contributed by atoms with E-state index in [1.807, 2.05) is 6.07 Å². The van der Waals surface area contributed by atoms with Crippen molar-refractivity contribution >= 4 is 5.95 Å². The standard InChI is InChI=1S/C15H21N5/c1-19-10-12-20(13-11-19)15(6-3-2-4-7-15)18-14-16-8-5-9-17-14/h2-6,8-9H,7,10-13H2,1H3,(H,16,17,18). The Morgan fingerprint density at radius 2 is 1.85 bits per heavy atom. The molecule has 5 nitrogen and oxygen atoms in total. The Kier molecular flexibility index (Phi) is 3.80. The molecule has 0 amide bonds. The molecule has 1 N–H and O–H groups in total. The maximum atomic E-state index is 4.31. The Bertz CT molecular complexity index is 490. The second-order valence-electron chi connectivity index (χ2n) is 5.40. The fourth-order valence-electron chi connectivity index (χ4n) is 2.78. The third-order valence-electron chi connectivity index (χ3n) is 4.01. The van der Waals surface area contributed by atoms with Crippen LogP contribution in [0.15, 0.2) is 42.8 Å². The van der Waals surface area contributed by atoms with Gasteiger partial charge in [-0.1, -0.05) is 18.2 Å². The first-order chi connectivity index (χ1) is 9.78. The Hall–Kier alpha value is -1.72. The summed E-state index contributed by atoms with van der Waals surface area (Å²) in [5.41, 5.74) is -0.197. The van der Waals surface area contributed by atoms with Crippen molar-refractivity contribution in [2.45, 2.75) is 12.1 Å². The summed E-state index contributed by atoms with van der Waals surface area (Å²) in [5.74, 6) is 0.686. The number of nitrogens with one attached hydrogen (secondary N) is 1. The highest BCUT2D eigenvalue weighted by Crippen LogP contribution is 2.27. The Labute approximate surface area is 120 Å². The van der Waals surface area contributed by atoms with Crippen LogP contribution in [0.3, 0.4) is 0 Å². The number of likely N-dealkylation sites (N-methyl/N-ethyl adjacent to an activating group) is 1. The Morgan fingerprint density at radius 1 is 1.10 bits per heavy atom. The van der Waals surface area contributed by atoms with Gasteiger partial charge in [0, 0.05) is 45.0 Å². The molecule has 1 unspecified atom stereocenters. The average molecular weight is 271 g/mol. The molecule has 0 aromatic carbocycles. The molecule has 0 bridgehead atoms. The van der Waals surface area contributed by atoms with Crippen molar-refractivity contribution in [3.8, 4) is 0 Å². The Morgan fingerprint density at radius 3 is 2.50 bits per heavy atom. The molecule has 1 aliphatic carbocycles. The first kappa shape index (κ1) is 13.3. The molecule has 1 aliphatic heterocycles. The third kappa shape index (κ3) is 2.73. The van der Waals surface area contributed by atoms with Crippen molar-refractivity contribution in [1.82, 2.24) is 19.8 Å². The number of anilines is 1. The number of hydrogen-bond donors (Lipinski definition) is 1. The summed E-state index contributed by atoms with van der Waals surface area (Å²) in [6, 6.07) is 1.84. The highest BCUT2D eigenvalue weighted by molar-refractivity contribution is 5.36. The van der Waals surface area contributed by atoms with E-state index in [9.17, 15) is 0 Å². The quantitative estimate of drug-likeness (QED) is 0.899. The summed E-state index contributed by atoms with van der Waals surface area (Å²) < 4.78 is 0. The zero-order valence-corrected chi connectivity index (χ0v) is 11.9. The van der Waals surface area contributed by atoms with E-state index in [0.29, 0.717) is 5.95 Å². The topological polar surface area (TPSA) is 44.3 Å². The number of nitrogens with zero attached hydrogens (tertiary/aromatic N) is 4. The van der Waals surface area contributed by atoms with E-state index in [-0.39, 0.29) is 5.66 Å². The van der Waals surface area contributed by atoms with E-state index in [1.165, 1.54) is 0 Å². The van der Waals surface area contributed by atoms with Gasteiger partial charge in [0.15, 0.2) is 0 Å². The van der Waals surface area contributed by atoms with Crippen molar-refractivity contribution in [1.29, 1.82) is 0 Å². The van der Waals surface area contributed by atoms with Crippen molar-refractivity contribution in [2.24, 2.45) is 0 Å². The molecule has 3 rings (SSSR count). The van der Waals surface area contributed by atoms with Gasteiger partial charge in [0.1, 0.15) is 5.66 Å². The largest absolute Gasteiger partial charge is 0.332 e. The lowest BCUT2D eigenvalue weighted by molar-refractivity contribution is 0.0847. The van der Waals surface area contributed by atoms with Crippen LogP contribution < -0.4 is 5.32 Å². The van der Waals surface area contributed by atoms with Crippen LogP contribution in [0.2, 0.25) is 0 Å². The number of rotatable bonds is 3. The molecule has 0 saturated carbocycles. The predicted octanol–water partition coefficient (Wildman–Crippen LogP) is 1.35. The van der Waals surface area contributed by atoms with E-state index < -0.39 is 0 Å². The molecule has 20 heavy (non-hydrogen) atoms. The van der Waals surface area contributed by atoms with Gasteiger partial charge in [-0.25, -0.2) is 9.97 Å². The van der Waals surface area contributed by atoms with Gasteiger partial charge in [0.2, 0.25) is 5.95 Å². The summed E-state index contributed by atoms with van der Waals surface area (Å²) in [6.45, 7) is 4.29. The number of piperazine rings is 1. The van der Waals surface area contributed by atoms with Gasteiger partial charge in [0.05, 0.1) is 0 Å². The normalized spacial score (nSPS) is 27.6. The van der Waals surface area contributed by atoms with Crippen LogP contribution in [0, 0.1) is 0 Å². The second-order valence-corrected chi connectivity index (χ2v) is 5.40. The number of allylic oxidation sites excluding steroid dienone is 2. The first-order valence-corrected chi connectivity index (χ1v) is 7.12. The molecule has 106 valence electrons. The lowest BCUT2D eigenvalue weighted by Crippen LogP contribution is -2.59. The molecular weight excluding hydrogens is 250 g/mol. The lowest BCUT2D eigenvalue weighted by atomic mass is 9.97. The molecular formula is C15H21N5. The summed E-state index contributed by atoms with van der Waals surface area (Å²) >= 11 is 0. The van der Waals surface area contributed by atoms with Crippen molar-refractivity contribution in [3.63, 3.8) is 0 Å².